The highest BCUT2D eigenvalue weighted by molar-refractivity contribution is 5.94. The maximum Gasteiger partial charge on any atom is 0.326 e. The number of nitrogens with one attached hydrogen (secondary N) is 4. The van der Waals surface area contributed by atoms with E-state index in [1.807, 2.05) is 31.2 Å². The summed E-state index contributed by atoms with van der Waals surface area (Å²) in [7, 11) is 0. The smallest absolute Gasteiger partial charge is 0.326 e. The van der Waals surface area contributed by atoms with Gasteiger partial charge in [-0.25, -0.2) is 9.59 Å². The van der Waals surface area contributed by atoms with Crippen molar-refractivity contribution in [3.8, 4) is 0 Å². The maximum atomic E-state index is 12.3. The average Bonchev–Trinajstić information content (AvgIpc) is 2.87. The van der Waals surface area contributed by atoms with Gasteiger partial charge in [0.1, 0.15) is 6.04 Å². The zero-order valence-electron chi connectivity index (χ0n) is 20.7. The number of hydrogen-bond donors (Lipinski definition) is 6. The van der Waals surface area contributed by atoms with Crippen LogP contribution in [0, 0.1) is 6.92 Å². The SMILES string of the molecule is Cc1ccc(/C=N/Nc2ccc(C(=O)NCCCCCNC(=O)NC(CCC(=O)O)C(=O)O)cc2)cc1. The third-order valence-electron chi connectivity index (χ3n) is 5.31. The van der Waals surface area contributed by atoms with Gasteiger partial charge in [-0.1, -0.05) is 29.8 Å². The molecule has 0 bridgehead atoms. The second-order valence-corrected chi connectivity index (χ2v) is 8.40. The molecule has 0 aliphatic heterocycles. The van der Waals surface area contributed by atoms with E-state index < -0.39 is 24.0 Å². The summed E-state index contributed by atoms with van der Waals surface area (Å²) in [5.41, 5.74) is 6.38. The van der Waals surface area contributed by atoms with Crippen molar-refractivity contribution in [2.75, 3.05) is 18.5 Å². The van der Waals surface area contributed by atoms with Crippen molar-refractivity contribution in [2.45, 2.75) is 45.1 Å². The van der Waals surface area contributed by atoms with E-state index in [4.69, 9.17) is 10.2 Å². The normalized spacial score (nSPS) is 11.5. The van der Waals surface area contributed by atoms with Crippen LogP contribution in [0.15, 0.2) is 53.6 Å². The molecule has 0 heterocycles. The van der Waals surface area contributed by atoms with Gasteiger partial charge in [0.15, 0.2) is 0 Å². The molecule has 0 saturated heterocycles. The number of carbonyl (C=O) groups is 4. The Kier molecular flexibility index (Phi) is 12.1. The van der Waals surface area contributed by atoms with Crippen molar-refractivity contribution in [1.29, 1.82) is 0 Å². The number of anilines is 1. The predicted octanol–water partition coefficient (Wildman–Crippen LogP) is 2.96. The summed E-state index contributed by atoms with van der Waals surface area (Å²) in [4.78, 5) is 45.8. The van der Waals surface area contributed by atoms with Crippen LogP contribution >= 0.6 is 0 Å². The number of hydrogen-bond acceptors (Lipinski definition) is 6. The lowest BCUT2D eigenvalue weighted by Crippen LogP contribution is -2.46. The Bertz CT molecular complexity index is 1070. The highest BCUT2D eigenvalue weighted by Gasteiger charge is 2.20. The molecule has 2 aromatic rings. The maximum absolute atomic E-state index is 12.3. The van der Waals surface area contributed by atoms with Crippen LogP contribution in [0.1, 0.15) is 53.6 Å². The summed E-state index contributed by atoms with van der Waals surface area (Å²) >= 11 is 0. The molecule has 3 amide bonds. The Morgan fingerprint density at radius 1 is 0.892 bits per heavy atom. The lowest BCUT2D eigenvalue weighted by molar-refractivity contribution is -0.140. The zero-order chi connectivity index (χ0) is 27.0. The number of aryl methyl sites for hydroxylation is 1. The molecule has 0 saturated carbocycles. The number of rotatable bonds is 15. The lowest BCUT2D eigenvalue weighted by Gasteiger charge is -2.14. The van der Waals surface area contributed by atoms with Gasteiger partial charge >= 0.3 is 18.0 Å². The van der Waals surface area contributed by atoms with E-state index >= 15 is 0 Å². The summed E-state index contributed by atoms with van der Waals surface area (Å²) in [5, 5.41) is 29.5. The number of urea groups is 1. The molecule has 0 aliphatic rings. The Morgan fingerprint density at radius 2 is 1.54 bits per heavy atom. The molecule has 1 atom stereocenters. The van der Waals surface area contributed by atoms with Crippen molar-refractivity contribution in [1.82, 2.24) is 16.0 Å². The van der Waals surface area contributed by atoms with Gasteiger partial charge in [-0.05, 0) is 62.4 Å². The molecule has 11 heteroatoms. The number of carboxylic acid groups (broad SMARTS) is 2. The number of amides is 3. The topological polar surface area (TPSA) is 169 Å². The predicted molar refractivity (Wildman–Crippen MR) is 140 cm³/mol. The van der Waals surface area contributed by atoms with Crippen LogP contribution in [0.25, 0.3) is 0 Å². The minimum atomic E-state index is -1.29. The Morgan fingerprint density at radius 3 is 2.16 bits per heavy atom. The number of carboxylic acids is 2. The number of aliphatic carboxylic acids is 2. The van der Waals surface area contributed by atoms with Crippen LogP contribution < -0.4 is 21.4 Å². The first kappa shape index (κ1) is 28.8. The molecule has 6 N–H and O–H groups in total. The molecule has 2 aromatic carbocycles. The summed E-state index contributed by atoms with van der Waals surface area (Å²) in [6, 6.07) is 13.0. The fourth-order valence-corrected chi connectivity index (χ4v) is 3.20. The lowest BCUT2D eigenvalue weighted by atomic mass is 10.1. The molecule has 0 fully saturated rings. The number of benzene rings is 2. The Labute approximate surface area is 215 Å². The number of carbonyl (C=O) groups excluding carboxylic acids is 2. The van der Waals surface area contributed by atoms with E-state index in [2.05, 4.69) is 26.5 Å². The van der Waals surface area contributed by atoms with Gasteiger partial charge in [0, 0.05) is 25.1 Å². The molecular formula is C26H33N5O6. The standard InChI is InChI=1S/C26H33N5O6/c1-18-5-7-19(8-6-18)17-29-31-21-11-9-20(10-12-21)24(34)27-15-3-2-4-16-28-26(37)30-22(25(35)36)13-14-23(32)33/h5-12,17,22,31H,2-4,13-16H2,1H3,(H,27,34)(H,32,33)(H,35,36)(H2,28,30,37)/b29-17+. The van der Waals surface area contributed by atoms with Gasteiger partial charge in [-0.2, -0.15) is 5.10 Å². The fourth-order valence-electron chi connectivity index (χ4n) is 3.20. The van der Waals surface area contributed by atoms with E-state index in [1.165, 1.54) is 5.56 Å². The quantitative estimate of drug-likeness (QED) is 0.121. The van der Waals surface area contributed by atoms with Gasteiger partial charge in [0.05, 0.1) is 11.9 Å². The number of unbranched alkanes of at least 4 members (excludes halogenated alkanes) is 2. The molecule has 0 radical (unpaired) electrons. The molecule has 0 aliphatic carbocycles. The summed E-state index contributed by atoms with van der Waals surface area (Å²) < 4.78 is 0. The van der Waals surface area contributed by atoms with Crippen LogP contribution in [0.4, 0.5) is 10.5 Å². The molecule has 0 aromatic heterocycles. The van der Waals surface area contributed by atoms with E-state index in [0.717, 1.165) is 17.7 Å². The minimum absolute atomic E-state index is 0.187. The van der Waals surface area contributed by atoms with Gasteiger partial charge in [0.25, 0.3) is 5.91 Å². The third-order valence-corrected chi connectivity index (χ3v) is 5.31. The monoisotopic (exact) mass is 511 g/mol. The van der Waals surface area contributed by atoms with Crippen molar-refractivity contribution < 1.29 is 29.4 Å². The second-order valence-electron chi connectivity index (χ2n) is 8.40. The third kappa shape index (κ3) is 11.7. The van der Waals surface area contributed by atoms with Crippen LogP contribution in [0.5, 0.6) is 0 Å². The van der Waals surface area contributed by atoms with Gasteiger partial charge in [-0.3, -0.25) is 15.0 Å². The van der Waals surface area contributed by atoms with Crippen molar-refractivity contribution in [2.24, 2.45) is 5.10 Å². The van der Waals surface area contributed by atoms with E-state index in [-0.39, 0.29) is 18.7 Å². The largest absolute Gasteiger partial charge is 0.481 e. The average molecular weight is 512 g/mol. The van der Waals surface area contributed by atoms with Crippen molar-refractivity contribution in [3.05, 3.63) is 65.2 Å². The van der Waals surface area contributed by atoms with E-state index in [9.17, 15) is 19.2 Å². The van der Waals surface area contributed by atoms with Crippen LogP contribution in [-0.2, 0) is 9.59 Å². The van der Waals surface area contributed by atoms with Crippen molar-refractivity contribution >= 4 is 35.8 Å². The summed E-state index contributed by atoms with van der Waals surface area (Å²) in [6.45, 7) is 2.82. The molecule has 1 unspecified atom stereocenters. The highest BCUT2D eigenvalue weighted by atomic mass is 16.4. The first-order chi connectivity index (χ1) is 17.7. The second kappa shape index (κ2) is 15.6. The first-order valence-corrected chi connectivity index (χ1v) is 12.0. The molecule has 0 spiro atoms. The van der Waals surface area contributed by atoms with Crippen LogP contribution in [0.2, 0.25) is 0 Å². The molecule has 11 nitrogen and oxygen atoms in total. The number of hydrazone groups is 1. The van der Waals surface area contributed by atoms with E-state index in [0.29, 0.717) is 31.5 Å². The van der Waals surface area contributed by atoms with E-state index in [1.54, 1.807) is 30.5 Å². The first-order valence-electron chi connectivity index (χ1n) is 12.0. The van der Waals surface area contributed by atoms with Gasteiger partial charge < -0.3 is 26.2 Å². The summed E-state index contributed by atoms with van der Waals surface area (Å²) in [6.07, 6.45) is 3.26. The highest BCUT2D eigenvalue weighted by Crippen LogP contribution is 2.10. The van der Waals surface area contributed by atoms with Gasteiger partial charge in [0.2, 0.25) is 0 Å². The number of nitrogens with zero attached hydrogens (tertiary/aromatic N) is 1. The Balaban J connectivity index is 1.59. The van der Waals surface area contributed by atoms with Crippen LogP contribution in [-0.4, -0.2) is 59.4 Å². The molecule has 198 valence electrons. The minimum Gasteiger partial charge on any atom is -0.481 e. The van der Waals surface area contributed by atoms with Crippen molar-refractivity contribution in [3.63, 3.8) is 0 Å². The summed E-state index contributed by atoms with van der Waals surface area (Å²) in [5.74, 6) is -2.60. The van der Waals surface area contributed by atoms with Crippen LogP contribution in [0.3, 0.4) is 0 Å². The molecular weight excluding hydrogens is 478 g/mol. The fraction of sp³-hybridized carbons (Fsp3) is 0.346. The molecule has 2 rings (SSSR count). The molecule has 37 heavy (non-hydrogen) atoms. The Hall–Kier alpha value is -4.41. The zero-order valence-corrected chi connectivity index (χ0v) is 20.7. The van der Waals surface area contributed by atoms with Gasteiger partial charge in [-0.15, -0.1) is 0 Å².